The summed E-state index contributed by atoms with van der Waals surface area (Å²) in [6, 6.07) is 12.3. The number of rotatable bonds is 7. The van der Waals surface area contributed by atoms with E-state index in [-0.39, 0.29) is 24.3 Å². The minimum absolute atomic E-state index is 0.0834. The number of aromatic hydroxyl groups is 2. The number of hydrogen-bond acceptors (Lipinski definition) is 5. The van der Waals surface area contributed by atoms with Crippen LogP contribution < -0.4 is 11.1 Å². The number of hydrogen-bond donors (Lipinski definition) is 5. The van der Waals surface area contributed by atoms with Crippen LogP contribution in [0.1, 0.15) is 18.1 Å². The van der Waals surface area contributed by atoms with Crippen molar-refractivity contribution in [1.29, 1.82) is 0 Å². The molecule has 0 aliphatic rings. The Kier molecular flexibility index (Phi) is 5.84. The van der Waals surface area contributed by atoms with Crippen LogP contribution in [0.15, 0.2) is 48.5 Å². The van der Waals surface area contributed by atoms with Crippen LogP contribution in [0.25, 0.3) is 0 Å². The highest BCUT2D eigenvalue weighted by Gasteiger charge is 2.36. The first-order chi connectivity index (χ1) is 12.2. The van der Waals surface area contributed by atoms with Crippen molar-refractivity contribution >= 4 is 11.9 Å². The molecule has 6 N–H and O–H groups in total. The maximum Gasteiger partial charge on any atom is 0.329 e. The molecule has 0 heterocycles. The van der Waals surface area contributed by atoms with E-state index < -0.39 is 23.5 Å². The minimum Gasteiger partial charge on any atom is -0.504 e. The molecule has 2 rings (SSSR count). The second kappa shape index (κ2) is 7.88. The number of nitrogens with one attached hydrogen (secondary N) is 1. The van der Waals surface area contributed by atoms with E-state index in [1.54, 1.807) is 0 Å². The lowest BCUT2D eigenvalue weighted by Crippen LogP contribution is -2.58. The highest BCUT2D eigenvalue weighted by molar-refractivity contribution is 5.89. The number of aliphatic carboxylic acids is 1. The third kappa shape index (κ3) is 4.73. The van der Waals surface area contributed by atoms with Gasteiger partial charge in [-0.15, -0.1) is 0 Å². The number of carbonyl (C=O) groups excluding carboxylic acids is 1. The summed E-state index contributed by atoms with van der Waals surface area (Å²) in [7, 11) is 0. The molecule has 0 fully saturated rings. The van der Waals surface area contributed by atoms with E-state index in [2.05, 4.69) is 5.32 Å². The fourth-order valence-corrected chi connectivity index (χ4v) is 2.59. The molecule has 138 valence electrons. The molecule has 0 unspecified atom stereocenters. The number of carboxylic acid groups (broad SMARTS) is 1. The van der Waals surface area contributed by atoms with Gasteiger partial charge in [0.2, 0.25) is 5.91 Å². The maximum absolute atomic E-state index is 12.4. The summed E-state index contributed by atoms with van der Waals surface area (Å²) in [5.41, 5.74) is 5.62. The lowest BCUT2D eigenvalue weighted by Gasteiger charge is -2.28. The Bertz CT molecular complexity index is 794. The van der Waals surface area contributed by atoms with Crippen molar-refractivity contribution in [3.05, 3.63) is 59.7 Å². The normalized spacial score (nSPS) is 14.2. The zero-order valence-electron chi connectivity index (χ0n) is 14.3. The molecule has 1 amide bonds. The Balaban J connectivity index is 2.11. The first-order valence-corrected chi connectivity index (χ1v) is 8.07. The lowest BCUT2D eigenvalue weighted by molar-refractivity contribution is -0.147. The quantitative estimate of drug-likeness (QED) is 0.472. The van der Waals surface area contributed by atoms with Gasteiger partial charge in [-0.1, -0.05) is 36.4 Å². The molecule has 0 saturated heterocycles. The van der Waals surface area contributed by atoms with E-state index in [1.165, 1.54) is 25.1 Å². The van der Waals surface area contributed by atoms with Crippen LogP contribution in [0.2, 0.25) is 0 Å². The second-order valence-corrected chi connectivity index (χ2v) is 6.42. The van der Waals surface area contributed by atoms with E-state index in [0.29, 0.717) is 5.56 Å². The van der Waals surface area contributed by atoms with Crippen molar-refractivity contribution in [2.75, 3.05) is 0 Å². The third-order valence-corrected chi connectivity index (χ3v) is 4.10. The number of benzene rings is 2. The number of nitrogens with two attached hydrogens (primary N) is 1. The minimum atomic E-state index is -1.62. The van der Waals surface area contributed by atoms with Crippen LogP contribution in [0.5, 0.6) is 11.5 Å². The van der Waals surface area contributed by atoms with Crippen LogP contribution in [-0.4, -0.2) is 38.8 Å². The highest BCUT2D eigenvalue weighted by atomic mass is 16.4. The van der Waals surface area contributed by atoms with Crippen molar-refractivity contribution < 1.29 is 24.9 Å². The molecule has 7 heteroatoms. The molecule has 0 bridgehead atoms. The molecule has 0 aliphatic carbocycles. The second-order valence-electron chi connectivity index (χ2n) is 6.42. The van der Waals surface area contributed by atoms with E-state index in [0.717, 1.165) is 5.56 Å². The van der Waals surface area contributed by atoms with Crippen molar-refractivity contribution in [2.45, 2.75) is 31.3 Å². The van der Waals surface area contributed by atoms with Crippen molar-refractivity contribution in [2.24, 2.45) is 5.73 Å². The number of amides is 1. The van der Waals surface area contributed by atoms with E-state index in [1.807, 2.05) is 30.3 Å². The fourth-order valence-electron chi connectivity index (χ4n) is 2.59. The van der Waals surface area contributed by atoms with Gasteiger partial charge >= 0.3 is 5.97 Å². The van der Waals surface area contributed by atoms with Gasteiger partial charge in [0.1, 0.15) is 5.54 Å². The Hall–Kier alpha value is -3.06. The Morgan fingerprint density at radius 3 is 2.31 bits per heavy atom. The highest BCUT2D eigenvalue weighted by Crippen LogP contribution is 2.27. The molecule has 0 spiro atoms. The van der Waals surface area contributed by atoms with E-state index >= 15 is 0 Å². The fraction of sp³-hybridized carbons (Fsp3) is 0.263. The predicted molar refractivity (Wildman–Crippen MR) is 95.8 cm³/mol. The predicted octanol–water partition coefficient (Wildman–Crippen LogP) is 1.17. The first kappa shape index (κ1) is 19.3. The maximum atomic E-state index is 12.4. The SMILES string of the molecule is C[C@@](Cc1ccc(O)c(O)c1)(NC(=O)[C@@H](N)Cc1ccccc1)C(=O)O. The zero-order chi connectivity index (χ0) is 19.3. The van der Waals surface area contributed by atoms with Crippen LogP contribution >= 0.6 is 0 Å². The molecular weight excluding hydrogens is 336 g/mol. The Morgan fingerprint density at radius 2 is 1.73 bits per heavy atom. The summed E-state index contributed by atoms with van der Waals surface area (Å²) in [5.74, 6) is -2.48. The number of carbonyl (C=O) groups is 2. The van der Waals surface area contributed by atoms with Crippen molar-refractivity contribution in [1.82, 2.24) is 5.32 Å². The number of phenols is 2. The van der Waals surface area contributed by atoms with Crippen LogP contribution in [0.4, 0.5) is 0 Å². The van der Waals surface area contributed by atoms with Crippen LogP contribution in [0.3, 0.4) is 0 Å². The van der Waals surface area contributed by atoms with Gasteiger partial charge in [0.25, 0.3) is 0 Å². The van der Waals surface area contributed by atoms with Gasteiger partial charge in [0, 0.05) is 6.42 Å². The summed E-state index contributed by atoms with van der Waals surface area (Å²) in [6.07, 6.45) is 0.197. The van der Waals surface area contributed by atoms with Gasteiger partial charge in [0.05, 0.1) is 6.04 Å². The van der Waals surface area contributed by atoms with Gasteiger partial charge in [-0.2, -0.15) is 0 Å². The molecule has 0 radical (unpaired) electrons. The molecule has 0 aliphatic heterocycles. The molecule has 0 saturated carbocycles. The zero-order valence-corrected chi connectivity index (χ0v) is 14.3. The summed E-state index contributed by atoms with van der Waals surface area (Å²) in [4.78, 5) is 24.1. The summed E-state index contributed by atoms with van der Waals surface area (Å²) < 4.78 is 0. The summed E-state index contributed by atoms with van der Waals surface area (Å²) in [5, 5.41) is 31.0. The molecule has 26 heavy (non-hydrogen) atoms. The molecule has 7 nitrogen and oxygen atoms in total. The van der Waals surface area contributed by atoms with Crippen molar-refractivity contribution in [3.63, 3.8) is 0 Å². The van der Waals surface area contributed by atoms with Crippen LogP contribution in [-0.2, 0) is 22.4 Å². The van der Waals surface area contributed by atoms with E-state index in [4.69, 9.17) is 5.73 Å². The molecular formula is C19H22N2O5. The topological polar surface area (TPSA) is 133 Å². The van der Waals surface area contributed by atoms with Gasteiger partial charge in [-0.3, -0.25) is 4.79 Å². The Morgan fingerprint density at radius 1 is 1.08 bits per heavy atom. The van der Waals surface area contributed by atoms with Gasteiger partial charge in [0.15, 0.2) is 11.5 Å². The molecule has 0 aromatic heterocycles. The first-order valence-electron chi connectivity index (χ1n) is 8.07. The van der Waals surface area contributed by atoms with Gasteiger partial charge in [-0.05, 0) is 36.6 Å². The largest absolute Gasteiger partial charge is 0.504 e. The Labute approximate surface area is 151 Å². The van der Waals surface area contributed by atoms with Gasteiger partial charge < -0.3 is 26.4 Å². The molecule has 2 aromatic rings. The molecule has 2 aromatic carbocycles. The number of carboxylic acids is 1. The summed E-state index contributed by atoms with van der Waals surface area (Å²) in [6.45, 7) is 1.37. The van der Waals surface area contributed by atoms with Crippen molar-refractivity contribution in [3.8, 4) is 11.5 Å². The van der Waals surface area contributed by atoms with E-state index in [9.17, 15) is 24.9 Å². The van der Waals surface area contributed by atoms with Gasteiger partial charge in [-0.25, -0.2) is 4.79 Å². The summed E-state index contributed by atoms with van der Waals surface area (Å²) >= 11 is 0. The molecule has 2 atom stereocenters. The average Bonchev–Trinajstić information content (AvgIpc) is 2.58. The standard InChI is InChI=1S/C19H22N2O5/c1-19(18(25)26,11-13-7-8-15(22)16(23)10-13)21-17(24)14(20)9-12-5-3-2-4-6-12/h2-8,10,14,22-23H,9,11,20H2,1H3,(H,21,24)(H,25,26)/t14-,19-/m0/s1. The van der Waals surface area contributed by atoms with Crippen LogP contribution in [0, 0.1) is 0 Å². The lowest BCUT2D eigenvalue weighted by atomic mass is 9.91. The third-order valence-electron chi connectivity index (χ3n) is 4.10. The average molecular weight is 358 g/mol. The number of phenolic OH excluding ortho intramolecular Hbond substituents is 2. The smallest absolute Gasteiger partial charge is 0.329 e. The monoisotopic (exact) mass is 358 g/mol.